The fourth-order valence-electron chi connectivity index (χ4n) is 1.01. The molecule has 0 aliphatic heterocycles. The molecule has 1 aromatic heterocycles. The second kappa shape index (κ2) is 3.43. The summed E-state index contributed by atoms with van der Waals surface area (Å²) in [5.41, 5.74) is 0.773. The standard InChI is InChI=1S/C9H12N2O2/c1-4-6(2)11-5-8(9(12)13)7(3)10-11/h4-6H,1H2,2-3H3,(H,12,13). The maximum Gasteiger partial charge on any atom is 0.339 e. The molecular formula is C9H12N2O2. The number of carboxylic acids is 1. The molecule has 70 valence electrons. The van der Waals surface area contributed by atoms with Gasteiger partial charge in [-0.05, 0) is 13.8 Å². The Hall–Kier alpha value is -1.58. The molecule has 1 unspecified atom stereocenters. The zero-order valence-electron chi connectivity index (χ0n) is 7.69. The fraction of sp³-hybridized carbons (Fsp3) is 0.333. The average molecular weight is 180 g/mol. The number of carbonyl (C=O) groups is 1. The lowest BCUT2D eigenvalue weighted by atomic mass is 10.3. The Morgan fingerprint density at radius 1 is 1.85 bits per heavy atom. The number of rotatable bonds is 3. The van der Waals surface area contributed by atoms with Crippen molar-refractivity contribution >= 4 is 5.97 Å². The van der Waals surface area contributed by atoms with Crippen LogP contribution in [0.5, 0.6) is 0 Å². The smallest absolute Gasteiger partial charge is 0.339 e. The van der Waals surface area contributed by atoms with Crippen LogP contribution in [0.2, 0.25) is 0 Å². The van der Waals surface area contributed by atoms with Gasteiger partial charge in [-0.15, -0.1) is 6.58 Å². The number of hydrogen-bond acceptors (Lipinski definition) is 2. The zero-order valence-corrected chi connectivity index (χ0v) is 7.69. The topological polar surface area (TPSA) is 55.1 Å². The molecule has 0 aromatic carbocycles. The highest BCUT2D eigenvalue weighted by molar-refractivity contribution is 5.88. The SMILES string of the molecule is C=CC(C)n1cc(C(=O)O)c(C)n1. The van der Waals surface area contributed by atoms with Crippen LogP contribution < -0.4 is 0 Å². The van der Waals surface area contributed by atoms with Crippen LogP contribution in [0.15, 0.2) is 18.9 Å². The van der Waals surface area contributed by atoms with Crippen molar-refractivity contribution in [3.8, 4) is 0 Å². The first-order valence-corrected chi connectivity index (χ1v) is 3.98. The van der Waals surface area contributed by atoms with E-state index < -0.39 is 5.97 Å². The van der Waals surface area contributed by atoms with Gasteiger partial charge >= 0.3 is 5.97 Å². The summed E-state index contributed by atoms with van der Waals surface area (Å²) in [6.07, 6.45) is 3.22. The molecule has 1 aromatic rings. The van der Waals surface area contributed by atoms with Crippen molar-refractivity contribution in [2.45, 2.75) is 19.9 Å². The molecule has 4 heteroatoms. The molecule has 0 spiro atoms. The Morgan fingerprint density at radius 3 is 2.85 bits per heavy atom. The van der Waals surface area contributed by atoms with Gasteiger partial charge in [-0.3, -0.25) is 4.68 Å². The number of aromatic nitrogens is 2. The predicted molar refractivity (Wildman–Crippen MR) is 48.8 cm³/mol. The highest BCUT2D eigenvalue weighted by Crippen LogP contribution is 2.11. The molecule has 0 saturated carbocycles. The third kappa shape index (κ3) is 1.77. The summed E-state index contributed by atoms with van der Waals surface area (Å²) in [5, 5.41) is 12.8. The van der Waals surface area contributed by atoms with E-state index >= 15 is 0 Å². The molecule has 0 bridgehead atoms. The Balaban J connectivity index is 3.08. The van der Waals surface area contributed by atoms with Gasteiger partial charge in [-0.25, -0.2) is 4.79 Å². The number of allylic oxidation sites excluding steroid dienone is 1. The zero-order chi connectivity index (χ0) is 10.0. The number of carboxylic acid groups (broad SMARTS) is 1. The van der Waals surface area contributed by atoms with E-state index in [0.717, 1.165) is 0 Å². The third-order valence-electron chi connectivity index (χ3n) is 1.91. The minimum absolute atomic E-state index is 0.0202. The van der Waals surface area contributed by atoms with Crippen molar-refractivity contribution in [1.82, 2.24) is 9.78 Å². The minimum Gasteiger partial charge on any atom is -0.478 e. The largest absolute Gasteiger partial charge is 0.478 e. The summed E-state index contributed by atoms with van der Waals surface area (Å²) in [5.74, 6) is -0.944. The number of aryl methyl sites for hydroxylation is 1. The van der Waals surface area contributed by atoms with E-state index in [2.05, 4.69) is 11.7 Å². The van der Waals surface area contributed by atoms with E-state index in [1.165, 1.54) is 6.20 Å². The summed E-state index contributed by atoms with van der Waals surface area (Å²) in [6, 6.07) is 0.0202. The molecule has 4 nitrogen and oxygen atoms in total. The second-order valence-electron chi connectivity index (χ2n) is 2.89. The van der Waals surface area contributed by atoms with Crippen LogP contribution in [-0.2, 0) is 0 Å². The maximum absolute atomic E-state index is 10.7. The summed E-state index contributed by atoms with van der Waals surface area (Å²) in [6.45, 7) is 7.18. The van der Waals surface area contributed by atoms with Crippen LogP contribution in [0.3, 0.4) is 0 Å². The van der Waals surface area contributed by atoms with Crippen LogP contribution in [0.25, 0.3) is 0 Å². The lowest BCUT2D eigenvalue weighted by molar-refractivity contribution is 0.0696. The van der Waals surface area contributed by atoms with Crippen molar-refractivity contribution in [3.63, 3.8) is 0 Å². The fourth-order valence-corrected chi connectivity index (χ4v) is 1.01. The van der Waals surface area contributed by atoms with Crippen LogP contribution in [0.4, 0.5) is 0 Å². The van der Waals surface area contributed by atoms with Crippen LogP contribution >= 0.6 is 0 Å². The third-order valence-corrected chi connectivity index (χ3v) is 1.91. The molecule has 0 saturated heterocycles. The van der Waals surface area contributed by atoms with Gasteiger partial charge < -0.3 is 5.11 Å². The van der Waals surface area contributed by atoms with Gasteiger partial charge in [0.2, 0.25) is 0 Å². The van der Waals surface area contributed by atoms with E-state index in [1.54, 1.807) is 17.7 Å². The van der Waals surface area contributed by atoms with E-state index in [4.69, 9.17) is 5.11 Å². The van der Waals surface area contributed by atoms with Crippen LogP contribution in [0, 0.1) is 6.92 Å². The van der Waals surface area contributed by atoms with Crippen molar-refractivity contribution < 1.29 is 9.90 Å². The molecule has 1 N–H and O–H groups in total. The second-order valence-corrected chi connectivity index (χ2v) is 2.89. The van der Waals surface area contributed by atoms with Crippen molar-refractivity contribution in [3.05, 3.63) is 30.1 Å². The normalized spacial score (nSPS) is 12.5. The van der Waals surface area contributed by atoms with E-state index in [9.17, 15) is 4.79 Å². The lowest BCUT2D eigenvalue weighted by Crippen LogP contribution is -2.02. The summed E-state index contributed by atoms with van der Waals surface area (Å²) >= 11 is 0. The van der Waals surface area contributed by atoms with Crippen molar-refractivity contribution in [2.75, 3.05) is 0 Å². The van der Waals surface area contributed by atoms with Gasteiger partial charge in [-0.1, -0.05) is 6.08 Å². The molecule has 1 heterocycles. The summed E-state index contributed by atoms with van der Waals surface area (Å²) in [4.78, 5) is 10.7. The molecular weight excluding hydrogens is 168 g/mol. The monoisotopic (exact) mass is 180 g/mol. The average Bonchev–Trinajstić information content (AvgIpc) is 2.46. The van der Waals surface area contributed by atoms with E-state index in [1.807, 2.05) is 6.92 Å². The molecule has 1 atom stereocenters. The summed E-state index contributed by atoms with van der Waals surface area (Å²) in [7, 11) is 0. The molecule has 13 heavy (non-hydrogen) atoms. The number of hydrogen-bond donors (Lipinski definition) is 1. The summed E-state index contributed by atoms with van der Waals surface area (Å²) < 4.78 is 1.59. The van der Waals surface area contributed by atoms with Crippen LogP contribution in [-0.4, -0.2) is 20.9 Å². The molecule has 1 rings (SSSR count). The Labute approximate surface area is 76.5 Å². The molecule has 0 aliphatic carbocycles. The van der Waals surface area contributed by atoms with Crippen molar-refractivity contribution in [2.24, 2.45) is 0 Å². The van der Waals surface area contributed by atoms with Gasteiger partial charge in [0, 0.05) is 6.20 Å². The van der Waals surface area contributed by atoms with Gasteiger partial charge in [0.25, 0.3) is 0 Å². The predicted octanol–water partition coefficient (Wildman–Crippen LogP) is 1.64. The van der Waals surface area contributed by atoms with Gasteiger partial charge in [0.1, 0.15) is 5.56 Å². The Morgan fingerprint density at radius 2 is 2.46 bits per heavy atom. The first kappa shape index (κ1) is 9.51. The molecule has 0 aliphatic rings. The van der Waals surface area contributed by atoms with E-state index in [-0.39, 0.29) is 11.6 Å². The maximum atomic E-state index is 10.7. The van der Waals surface area contributed by atoms with Gasteiger partial charge in [0.05, 0.1) is 11.7 Å². The highest BCUT2D eigenvalue weighted by atomic mass is 16.4. The Bertz CT molecular complexity index is 341. The minimum atomic E-state index is -0.944. The molecule has 0 amide bonds. The first-order chi connectivity index (χ1) is 6.06. The first-order valence-electron chi connectivity index (χ1n) is 3.98. The number of nitrogens with zero attached hydrogens (tertiary/aromatic N) is 2. The highest BCUT2D eigenvalue weighted by Gasteiger charge is 2.12. The number of aromatic carboxylic acids is 1. The molecule has 0 radical (unpaired) electrons. The van der Waals surface area contributed by atoms with Crippen molar-refractivity contribution in [1.29, 1.82) is 0 Å². The van der Waals surface area contributed by atoms with Gasteiger partial charge in [-0.2, -0.15) is 5.10 Å². The lowest BCUT2D eigenvalue weighted by Gasteiger charge is -2.04. The quantitative estimate of drug-likeness (QED) is 0.719. The van der Waals surface area contributed by atoms with E-state index in [0.29, 0.717) is 5.69 Å². The Kier molecular flexibility index (Phi) is 2.51. The van der Waals surface area contributed by atoms with Gasteiger partial charge in [0.15, 0.2) is 0 Å². The molecule has 0 fully saturated rings. The van der Waals surface area contributed by atoms with Crippen LogP contribution in [0.1, 0.15) is 29.0 Å².